The number of nitrogens with zero attached hydrogens (tertiary/aromatic N) is 3. The molecule has 4 rings (SSSR count). The van der Waals surface area contributed by atoms with Gasteiger partial charge < -0.3 is 10.6 Å². The van der Waals surface area contributed by atoms with E-state index in [4.69, 9.17) is 10.7 Å². The molecule has 2 aromatic heterocycles. The molecule has 2 aromatic rings. The van der Waals surface area contributed by atoms with Crippen LogP contribution in [0.4, 0.5) is 11.6 Å². The molecule has 1 amide bonds. The molecule has 8 nitrogen and oxygen atoms in total. The van der Waals surface area contributed by atoms with Gasteiger partial charge in [-0.2, -0.15) is 8.42 Å². The van der Waals surface area contributed by atoms with Crippen molar-refractivity contribution in [2.45, 2.75) is 63.4 Å². The average Bonchev–Trinajstić information content (AvgIpc) is 3.52. The summed E-state index contributed by atoms with van der Waals surface area (Å²) >= 11 is 0. The first-order chi connectivity index (χ1) is 15.1. The van der Waals surface area contributed by atoms with E-state index in [0.29, 0.717) is 11.7 Å². The van der Waals surface area contributed by atoms with Crippen LogP contribution >= 0.6 is 0 Å². The van der Waals surface area contributed by atoms with Gasteiger partial charge in [0.2, 0.25) is 0 Å². The Balaban J connectivity index is 1.66. The van der Waals surface area contributed by atoms with Crippen LogP contribution in [0.5, 0.6) is 0 Å². The van der Waals surface area contributed by atoms with Crippen LogP contribution in [0.1, 0.15) is 62.5 Å². The molecule has 1 aliphatic carbocycles. The zero-order valence-electron chi connectivity index (χ0n) is 18.8. The van der Waals surface area contributed by atoms with E-state index < -0.39 is 15.9 Å². The normalized spacial score (nSPS) is 20.3. The zero-order valence-corrected chi connectivity index (χ0v) is 19.7. The summed E-state index contributed by atoms with van der Waals surface area (Å²) in [6.45, 7) is 7.22. The quantitative estimate of drug-likeness (QED) is 0.656. The fourth-order valence-corrected chi connectivity index (χ4v) is 5.13. The molecule has 9 heteroatoms. The first-order valence-electron chi connectivity index (χ1n) is 11.1. The molecule has 1 unspecified atom stereocenters. The lowest BCUT2D eigenvalue weighted by Gasteiger charge is -2.36. The maximum absolute atomic E-state index is 13.2. The van der Waals surface area contributed by atoms with Crippen LogP contribution in [0, 0.1) is 11.8 Å². The Hall–Kier alpha value is -2.68. The highest BCUT2D eigenvalue weighted by Crippen LogP contribution is 2.39. The summed E-state index contributed by atoms with van der Waals surface area (Å²) in [4.78, 5) is 24.0. The van der Waals surface area contributed by atoms with E-state index in [1.54, 1.807) is 6.07 Å². The third kappa shape index (κ3) is 4.57. The molecule has 1 atom stereocenters. The van der Waals surface area contributed by atoms with Gasteiger partial charge in [0, 0.05) is 17.8 Å². The Kier molecular flexibility index (Phi) is 5.87. The Morgan fingerprint density at radius 3 is 2.56 bits per heavy atom. The molecule has 0 aromatic carbocycles. The van der Waals surface area contributed by atoms with Crippen molar-refractivity contribution in [3.63, 3.8) is 0 Å². The van der Waals surface area contributed by atoms with Gasteiger partial charge in [0.05, 0.1) is 5.56 Å². The molecule has 1 saturated carbocycles. The first kappa shape index (κ1) is 22.5. The van der Waals surface area contributed by atoms with Gasteiger partial charge in [0.25, 0.3) is 15.9 Å². The van der Waals surface area contributed by atoms with Crippen LogP contribution in [-0.4, -0.2) is 36.4 Å². The van der Waals surface area contributed by atoms with Crippen LogP contribution in [0.3, 0.4) is 0 Å². The number of aromatic nitrogens is 2. The monoisotopic (exact) mass is 457 g/mol. The van der Waals surface area contributed by atoms with Crippen molar-refractivity contribution >= 4 is 27.6 Å². The molecule has 2 aliphatic rings. The molecule has 0 spiro atoms. The van der Waals surface area contributed by atoms with Crippen molar-refractivity contribution in [3.8, 4) is 0 Å². The number of nitrogens with two attached hydrogens (primary N) is 1. The van der Waals surface area contributed by atoms with E-state index in [1.165, 1.54) is 31.0 Å². The maximum atomic E-state index is 13.2. The summed E-state index contributed by atoms with van der Waals surface area (Å²) < 4.78 is 27.6. The number of carbonyl (C=O) groups excluding carboxylic acids is 1. The number of carbonyl (C=O) groups is 1. The Morgan fingerprint density at radius 1 is 1.19 bits per heavy atom. The highest BCUT2D eigenvalue weighted by Gasteiger charge is 2.41. The van der Waals surface area contributed by atoms with E-state index in [0.717, 1.165) is 37.4 Å². The summed E-state index contributed by atoms with van der Waals surface area (Å²) in [6, 6.07) is 7.80. The second-order valence-corrected chi connectivity index (χ2v) is 11.1. The highest BCUT2D eigenvalue weighted by molar-refractivity contribution is 7.90. The maximum Gasteiger partial charge on any atom is 0.281 e. The fraction of sp³-hybridized carbons (Fsp3) is 0.522. The second kappa shape index (κ2) is 8.35. The minimum Gasteiger partial charge on any atom is -0.384 e. The van der Waals surface area contributed by atoms with Gasteiger partial charge in [-0.05, 0) is 69.2 Å². The topological polar surface area (TPSA) is 118 Å². The van der Waals surface area contributed by atoms with E-state index >= 15 is 0 Å². The van der Waals surface area contributed by atoms with Crippen LogP contribution < -0.4 is 15.4 Å². The molecule has 32 heavy (non-hydrogen) atoms. The number of nitrogen functional groups attached to an aromatic ring is 1. The lowest BCUT2D eigenvalue weighted by atomic mass is 9.90. The van der Waals surface area contributed by atoms with E-state index in [2.05, 4.69) is 35.4 Å². The van der Waals surface area contributed by atoms with Crippen LogP contribution in [0.2, 0.25) is 0 Å². The SMILES string of the molecule is CC1CCN(c2nc(CCC3CC3)ccc2C(=O)NS(=O)(=O)c2cccc(N)n2)C1(C)C. The molecule has 172 valence electrons. The number of hydrogen-bond acceptors (Lipinski definition) is 7. The van der Waals surface area contributed by atoms with Crippen molar-refractivity contribution in [1.29, 1.82) is 0 Å². The number of amides is 1. The Labute approximate surface area is 189 Å². The number of pyridine rings is 2. The summed E-state index contributed by atoms with van der Waals surface area (Å²) in [7, 11) is -4.17. The molecular weight excluding hydrogens is 426 g/mol. The number of sulfonamides is 1. The lowest BCUT2D eigenvalue weighted by molar-refractivity contribution is 0.0981. The van der Waals surface area contributed by atoms with Crippen molar-refractivity contribution in [2.24, 2.45) is 11.8 Å². The predicted octanol–water partition coefficient (Wildman–Crippen LogP) is 3.14. The van der Waals surface area contributed by atoms with Crippen LogP contribution in [0.25, 0.3) is 0 Å². The summed E-state index contributed by atoms with van der Waals surface area (Å²) in [5.41, 5.74) is 6.58. The standard InChI is InChI=1S/C23H31N5O3S/c1-15-13-14-28(23(15,2)3)21-18(12-11-17(25-21)10-9-16-7-8-16)22(29)27-32(30,31)20-6-4-5-19(24)26-20/h4-6,11-12,15-16H,7-10,13-14H2,1-3H3,(H2,24,26)(H,27,29). The van der Waals surface area contributed by atoms with Gasteiger partial charge in [-0.15, -0.1) is 0 Å². The molecule has 1 aliphatic heterocycles. The minimum atomic E-state index is -4.17. The van der Waals surface area contributed by atoms with Crippen LogP contribution in [0.15, 0.2) is 35.4 Å². The van der Waals surface area contributed by atoms with Crippen LogP contribution in [-0.2, 0) is 16.4 Å². The van der Waals surface area contributed by atoms with E-state index in [9.17, 15) is 13.2 Å². The Morgan fingerprint density at radius 2 is 1.94 bits per heavy atom. The number of hydrogen-bond donors (Lipinski definition) is 2. The van der Waals surface area contributed by atoms with Gasteiger partial charge in [-0.3, -0.25) is 4.79 Å². The number of rotatable bonds is 7. The van der Waals surface area contributed by atoms with Gasteiger partial charge in [-0.1, -0.05) is 25.8 Å². The molecule has 0 radical (unpaired) electrons. The molecule has 3 heterocycles. The van der Waals surface area contributed by atoms with Crippen molar-refractivity contribution < 1.29 is 13.2 Å². The molecule has 3 N–H and O–H groups in total. The number of aryl methyl sites for hydroxylation is 1. The van der Waals surface area contributed by atoms with Gasteiger partial charge in [0.15, 0.2) is 5.03 Å². The largest absolute Gasteiger partial charge is 0.384 e. The van der Waals surface area contributed by atoms with Gasteiger partial charge in [0.1, 0.15) is 11.6 Å². The smallest absolute Gasteiger partial charge is 0.281 e. The minimum absolute atomic E-state index is 0.0653. The number of nitrogens with one attached hydrogen (secondary N) is 1. The van der Waals surface area contributed by atoms with E-state index in [1.807, 2.05) is 6.07 Å². The lowest BCUT2D eigenvalue weighted by Crippen LogP contribution is -2.44. The first-order valence-corrected chi connectivity index (χ1v) is 12.6. The molecular formula is C23H31N5O3S. The molecule has 2 fully saturated rings. The molecule has 0 bridgehead atoms. The van der Waals surface area contributed by atoms with Crippen molar-refractivity contribution in [3.05, 3.63) is 41.6 Å². The highest BCUT2D eigenvalue weighted by atomic mass is 32.2. The second-order valence-electron chi connectivity index (χ2n) is 9.49. The third-order valence-corrected chi connectivity index (χ3v) is 8.11. The van der Waals surface area contributed by atoms with Gasteiger partial charge >= 0.3 is 0 Å². The average molecular weight is 458 g/mol. The van der Waals surface area contributed by atoms with Crippen molar-refractivity contribution in [1.82, 2.24) is 14.7 Å². The van der Waals surface area contributed by atoms with Crippen molar-refractivity contribution in [2.75, 3.05) is 17.2 Å². The zero-order chi connectivity index (χ0) is 23.1. The predicted molar refractivity (Wildman–Crippen MR) is 124 cm³/mol. The summed E-state index contributed by atoms with van der Waals surface area (Å²) in [5, 5.41) is -0.295. The number of anilines is 2. The van der Waals surface area contributed by atoms with E-state index in [-0.39, 0.29) is 21.9 Å². The third-order valence-electron chi connectivity index (χ3n) is 6.87. The van der Waals surface area contributed by atoms with Gasteiger partial charge in [-0.25, -0.2) is 14.7 Å². The Bertz CT molecular complexity index is 1130. The summed E-state index contributed by atoms with van der Waals surface area (Å²) in [5.74, 6) is 1.08. The fourth-order valence-electron chi connectivity index (χ4n) is 4.19. The molecule has 1 saturated heterocycles. The summed E-state index contributed by atoms with van der Waals surface area (Å²) in [6.07, 6.45) is 5.48.